The average Bonchev–Trinajstić information content (AvgIpc) is 3.22. The van der Waals surface area contributed by atoms with Gasteiger partial charge >= 0.3 is 6.03 Å². The Bertz CT molecular complexity index is 971. The summed E-state index contributed by atoms with van der Waals surface area (Å²) in [6, 6.07) is 16.8. The third kappa shape index (κ3) is 4.61. The van der Waals surface area contributed by atoms with Crippen LogP contribution in [0.25, 0.3) is 10.9 Å². The molecule has 1 aromatic heterocycles. The zero-order chi connectivity index (χ0) is 20.9. The molecule has 1 unspecified atom stereocenters. The van der Waals surface area contributed by atoms with Crippen LogP contribution in [0.4, 0.5) is 4.79 Å². The van der Waals surface area contributed by atoms with Gasteiger partial charge < -0.3 is 19.9 Å². The summed E-state index contributed by atoms with van der Waals surface area (Å²) in [5.74, 6) is 1.38. The van der Waals surface area contributed by atoms with Gasteiger partial charge in [-0.3, -0.25) is 0 Å². The van der Waals surface area contributed by atoms with E-state index in [9.17, 15) is 4.79 Å². The minimum atomic E-state index is 0.0645. The van der Waals surface area contributed by atoms with Gasteiger partial charge in [0.25, 0.3) is 0 Å². The molecule has 5 heteroatoms. The van der Waals surface area contributed by atoms with Crippen LogP contribution >= 0.6 is 0 Å². The van der Waals surface area contributed by atoms with Crippen molar-refractivity contribution in [1.82, 2.24) is 15.2 Å². The smallest absolute Gasteiger partial charge is 0.317 e. The number of para-hydroxylation sites is 1. The number of nitrogens with one attached hydrogen (secondary N) is 2. The summed E-state index contributed by atoms with van der Waals surface area (Å²) in [5.41, 5.74) is 3.84. The fourth-order valence-corrected chi connectivity index (χ4v) is 4.37. The van der Waals surface area contributed by atoms with E-state index in [4.69, 9.17) is 4.74 Å². The first-order chi connectivity index (χ1) is 14.6. The highest BCUT2D eigenvalue weighted by Gasteiger charge is 2.25. The molecule has 158 valence electrons. The number of aromatic nitrogens is 1. The number of H-pyrrole nitrogens is 1. The van der Waals surface area contributed by atoms with E-state index >= 15 is 0 Å². The maximum absolute atomic E-state index is 12.7. The Kier molecular flexibility index (Phi) is 6.26. The van der Waals surface area contributed by atoms with Gasteiger partial charge in [-0.15, -0.1) is 0 Å². The van der Waals surface area contributed by atoms with Gasteiger partial charge in [-0.2, -0.15) is 0 Å². The molecule has 0 spiro atoms. The molecule has 2 N–H and O–H groups in total. The van der Waals surface area contributed by atoms with E-state index in [0.29, 0.717) is 5.92 Å². The molecular weight excluding hydrogens is 374 g/mol. The van der Waals surface area contributed by atoms with Gasteiger partial charge in [0.15, 0.2) is 0 Å². The molecule has 1 fully saturated rings. The number of hydrogen-bond acceptors (Lipinski definition) is 2. The summed E-state index contributed by atoms with van der Waals surface area (Å²) in [4.78, 5) is 18.0. The molecule has 3 aromatic rings. The number of ether oxygens (including phenoxy) is 1. The molecule has 30 heavy (non-hydrogen) atoms. The van der Waals surface area contributed by atoms with E-state index in [1.165, 1.54) is 22.0 Å². The van der Waals surface area contributed by atoms with Gasteiger partial charge in [0.1, 0.15) is 5.75 Å². The molecule has 4 rings (SSSR count). The Labute approximate surface area is 178 Å². The number of fused-ring (bicyclic) bond motifs is 1. The predicted molar refractivity (Wildman–Crippen MR) is 121 cm³/mol. The van der Waals surface area contributed by atoms with Crippen LogP contribution < -0.4 is 10.1 Å². The molecule has 0 saturated carbocycles. The van der Waals surface area contributed by atoms with Crippen LogP contribution in [0.3, 0.4) is 0 Å². The van der Waals surface area contributed by atoms with Gasteiger partial charge in [-0.1, -0.05) is 30.3 Å². The fourth-order valence-electron chi connectivity index (χ4n) is 4.37. The Balaban J connectivity index is 1.24. The van der Waals surface area contributed by atoms with Crippen molar-refractivity contribution in [3.63, 3.8) is 0 Å². The van der Waals surface area contributed by atoms with E-state index in [2.05, 4.69) is 59.8 Å². The van der Waals surface area contributed by atoms with Gasteiger partial charge in [0, 0.05) is 36.2 Å². The van der Waals surface area contributed by atoms with Crippen LogP contribution in [0.1, 0.15) is 43.2 Å². The third-order valence-corrected chi connectivity index (χ3v) is 6.24. The number of amides is 2. The van der Waals surface area contributed by atoms with Crippen molar-refractivity contribution in [2.24, 2.45) is 0 Å². The van der Waals surface area contributed by atoms with Crippen molar-refractivity contribution >= 4 is 16.9 Å². The third-order valence-electron chi connectivity index (χ3n) is 6.24. The molecule has 2 heterocycles. The van der Waals surface area contributed by atoms with Gasteiger partial charge in [0.05, 0.1) is 7.11 Å². The minimum Gasteiger partial charge on any atom is -0.497 e. The van der Waals surface area contributed by atoms with E-state index in [1.54, 1.807) is 7.11 Å². The number of urea groups is 1. The Morgan fingerprint density at radius 1 is 1.17 bits per heavy atom. The largest absolute Gasteiger partial charge is 0.497 e. The Hall–Kier alpha value is -2.95. The first kappa shape index (κ1) is 20.3. The van der Waals surface area contributed by atoms with Crippen LogP contribution in [-0.2, 0) is 6.42 Å². The fraction of sp³-hybridized carbons (Fsp3) is 0.400. The SMILES string of the molecule is COc1ccc(CCC(C)NC(=O)N2CCC(c3c[nH]c4ccccc34)CC2)cc1. The monoisotopic (exact) mass is 405 g/mol. The normalized spacial score (nSPS) is 15.9. The second kappa shape index (κ2) is 9.24. The molecule has 2 amide bonds. The second-order valence-electron chi connectivity index (χ2n) is 8.29. The van der Waals surface area contributed by atoms with Gasteiger partial charge in [-0.05, 0) is 67.9 Å². The molecule has 2 aromatic carbocycles. The molecule has 1 saturated heterocycles. The summed E-state index contributed by atoms with van der Waals surface area (Å²) in [6.45, 7) is 3.70. The van der Waals surface area contributed by atoms with Gasteiger partial charge in [-0.25, -0.2) is 4.79 Å². The second-order valence-corrected chi connectivity index (χ2v) is 8.29. The molecule has 5 nitrogen and oxygen atoms in total. The van der Waals surface area contributed by atoms with E-state index in [-0.39, 0.29) is 12.1 Å². The zero-order valence-electron chi connectivity index (χ0n) is 17.9. The summed E-state index contributed by atoms with van der Waals surface area (Å²) in [6.07, 6.45) is 6.02. The lowest BCUT2D eigenvalue weighted by atomic mass is 9.89. The number of benzene rings is 2. The Morgan fingerprint density at radius 2 is 1.90 bits per heavy atom. The molecule has 0 bridgehead atoms. The number of rotatable bonds is 6. The van der Waals surface area contributed by atoms with Crippen molar-refractivity contribution < 1.29 is 9.53 Å². The van der Waals surface area contributed by atoms with Gasteiger partial charge in [0.2, 0.25) is 0 Å². The van der Waals surface area contributed by atoms with Crippen LogP contribution in [0.5, 0.6) is 5.75 Å². The van der Waals surface area contributed by atoms with E-state index in [1.807, 2.05) is 17.0 Å². The summed E-state index contributed by atoms with van der Waals surface area (Å²) < 4.78 is 5.20. The number of carbonyl (C=O) groups is 1. The van der Waals surface area contributed by atoms with Crippen molar-refractivity contribution in [3.8, 4) is 5.75 Å². The number of methoxy groups -OCH3 is 1. The first-order valence-electron chi connectivity index (χ1n) is 10.9. The lowest BCUT2D eigenvalue weighted by Crippen LogP contribution is -2.47. The molecule has 1 aliphatic rings. The molecular formula is C25H31N3O2. The van der Waals surface area contributed by atoms with E-state index in [0.717, 1.165) is 44.5 Å². The molecule has 0 radical (unpaired) electrons. The highest BCUT2D eigenvalue weighted by molar-refractivity contribution is 5.83. The first-order valence-corrected chi connectivity index (χ1v) is 10.9. The standard InChI is InChI=1S/C25H31N3O2/c1-18(7-8-19-9-11-21(30-2)12-10-19)27-25(29)28-15-13-20(14-16-28)23-17-26-24-6-4-3-5-22(23)24/h3-6,9-12,17-18,20,26H,7-8,13-16H2,1-2H3,(H,27,29). The highest BCUT2D eigenvalue weighted by atomic mass is 16.5. The number of carbonyl (C=O) groups excluding carboxylic acids is 1. The van der Waals surface area contributed by atoms with E-state index < -0.39 is 0 Å². The number of hydrogen-bond donors (Lipinski definition) is 2. The maximum Gasteiger partial charge on any atom is 0.317 e. The van der Waals surface area contributed by atoms with Crippen molar-refractivity contribution in [3.05, 3.63) is 65.9 Å². The average molecular weight is 406 g/mol. The molecule has 1 aliphatic heterocycles. The summed E-state index contributed by atoms with van der Waals surface area (Å²) >= 11 is 0. The topological polar surface area (TPSA) is 57.4 Å². The van der Waals surface area contributed by atoms with Crippen LogP contribution in [0.2, 0.25) is 0 Å². The quantitative estimate of drug-likeness (QED) is 0.600. The molecule has 1 atom stereocenters. The lowest BCUT2D eigenvalue weighted by molar-refractivity contribution is 0.178. The number of nitrogens with zero attached hydrogens (tertiary/aromatic N) is 1. The molecule has 0 aliphatic carbocycles. The number of aromatic amines is 1. The van der Waals surface area contributed by atoms with Crippen molar-refractivity contribution in [1.29, 1.82) is 0 Å². The summed E-state index contributed by atoms with van der Waals surface area (Å²) in [5, 5.41) is 4.49. The zero-order valence-corrected chi connectivity index (χ0v) is 17.9. The van der Waals surface area contributed by atoms with Crippen LogP contribution in [0, 0.1) is 0 Å². The number of likely N-dealkylation sites (tertiary alicyclic amines) is 1. The summed E-state index contributed by atoms with van der Waals surface area (Å²) in [7, 11) is 1.68. The van der Waals surface area contributed by atoms with Crippen molar-refractivity contribution in [2.75, 3.05) is 20.2 Å². The van der Waals surface area contributed by atoms with Crippen LogP contribution in [0.15, 0.2) is 54.7 Å². The minimum absolute atomic E-state index is 0.0645. The van der Waals surface area contributed by atoms with Crippen molar-refractivity contribution in [2.45, 2.75) is 44.6 Å². The Morgan fingerprint density at radius 3 is 2.63 bits per heavy atom. The number of aryl methyl sites for hydroxylation is 1. The highest BCUT2D eigenvalue weighted by Crippen LogP contribution is 2.33. The number of piperidine rings is 1. The predicted octanol–water partition coefficient (Wildman–Crippen LogP) is 5.09. The maximum atomic E-state index is 12.7. The van der Waals surface area contributed by atoms with Crippen LogP contribution in [-0.4, -0.2) is 42.2 Å². The lowest BCUT2D eigenvalue weighted by Gasteiger charge is -2.33.